The lowest BCUT2D eigenvalue weighted by molar-refractivity contribution is 0.517. The molecule has 0 atom stereocenters. The first-order valence-electron chi connectivity index (χ1n) is 5.28. The van der Waals surface area contributed by atoms with Gasteiger partial charge >= 0.3 is 0 Å². The van der Waals surface area contributed by atoms with Gasteiger partial charge in [0.05, 0.1) is 0 Å². The minimum absolute atomic E-state index is 0.660. The van der Waals surface area contributed by atoms with Gasteiger partial charge in [-0.1, -0.05) is 28.1 Å². The van der Waals surface area contributed by atoms with Gasteiger partial charge in [-0.3, -0.25) is 5.41 Å². The normalized spacial score (nSPS) is 15.7. The van der Waals surface area contributed by atoms with Crippen LogP contribution in [0.4, 0.5) is 0 Å². The molecule has 1 aromatic rings. The van der Waals surface area contributed by atoms with Crippen molar-refractivity contribution in [2.75, 3.05) is 13.1 Å². The van der Waals surface area contributed by atoms with Crippen LogP contribution in [0, 0.1) is 12.3 Å². The number of rotatable bonds is 1. The molecule has 2 nitrogen and oxygen atoms in total. The van der Waals surface area contributed by atoms with Crippen LogP contribution in [0.2, 0.25) is 0 Å². The van der Waals surface area contributed by atoms with E-state index in [0.29, 0.717) is 5.84 Å². The number of benzene rings is 1. The Bertz CT molecular complexity index is 381. The molecule has 0 bridgehead atoms. The first kappa shape index (κ1) is 10.7. The first-order chi connectivity index (χ1) is 7.18. The molecule has 2 rings (SSSR count). The summed E-state index contributed by atoms with van der Waals surface area (Å²) < 4.78 is 1.09. The molecule has 0 saturated carbocycles. The molecular formula is C12H15BrN2. The van der Waals surface area contributed by atoms with Crippen molar-refractivity contribution in [2.24, 2.45) is 0 Å². The molecule has 15 heavy (non-hydrogen) atoms. The Hall–Kier alpha value is -0.830. The Morgan fingerprint density at radius 2 is 2.00 bits per heavy atom. The predicted molar refractivity (Wildman–Crippen MR) is 66.5 cm³/mol. The second-order valence-corrected chi connectivity index (χ2v) is 4.86. The Balaban J connectivity index is 2.21. The Morgan fingerprint density at radius 3 is 2.60 bits per heavy atom. The lowest BCUT2D eigenvalue weighted by Gasteiger charge is -2.18. The number of nitrogens with zero attached hydrogens (tertiary/aromatic N) is 1. The van der Waals surface area contributed by atoms with E-state index in [2.05, 4.69) is 33.8 Å². The summed E-state index contributed by atoms with van der Waals surface area (Å²) in [5.74, 6) is 0.660. The molecule has 3 heteroatoms. The maximum Gasteiger partial charge on any atom is 0.128 e. The summed E-state index contributed by atoms with van der Waals surface area (Å²) in [5.41, 5.74) is 2.22. The molecule has 1 fully saturated rings. The van der Waals surface area contributed by atoms with E-state index in [1.807, 2.05) is 12.1 Å². The van der Waals surface area contributed by atoms with Crippen molar-refractivity contribution >= 4 is 21.8 Å². The molecule has 1 heterocycles. The predicted octanol–water partition coefficient (Wildman–Crippen LogP) is 3.18. The molecule has 0 amide bonds. The van der Waals surface area contributed by atoms with Crippen molar-refractivity contribution in [3.05, 3.63) is 33.8 Å². The second kappa shape index (κ2) is 4.35. The lowest BCUT2D eigenvalue weighted by Crippen LogP contribution is -2.27. The van der Waals surface area contributed by atoms with Crippen LogP contribution in [0.1, 0.15) is 24.0 Å². The number of aryl methyl sites for hydroxylation is 1. The van der Waals surface area contributed by atoms with E-state index in [4.69, 9.17) is 5.41 Å². The van der Waals surface area contributed by atoms with Gasteiger partial charge < -0.3 is 4.90 Å². The zero-order valence-corrected chi connectivity index (χ0v) is 10.5. The quantitative estimate of drug-likeness (QED) is 0.614. The van der Waals surface area contributed by atoms with Gasteiger partial charge in [-0.25, -0.2) is 0 Å². The number of halogens is 1. The third-order valence-electron chi connectivity index (χ3n) is 2.87. The van der Waals surface area contributed by atoms with E-state index < -0.39 is 0 Å². The van der Waals surface area contributed by atoms with Crippen LogP contribution in [0.3, 0.4) is 0 Å². The smallest absolute Gasteiger partial charge is 0.128 e. The molecule has 80 valence electrons. The number of hydrogen-bond acceptors (Lipinski definition) is 1. The van der Waals surface area contributed by atoms with E-state index in [9.17, 15) is 0 Å². The van der Waals surface area contributed by atoms with Gasteiger partial charge in [0.15, 0.2) is 0 Å². The van der Waals surface area contributed by atoms with Gasteiger partial charge in [-0.15, -0.1) is 0 Å². The molecule has 1 aromatic carbocycles. The maximum absolute atomic E-state index is 8.10. The van der Waals surface area contributed by atoms with E-state index in [1.54, 1.807) is 0 Å². The van der Waals surface area contributed by atoms with Gasteiger partial charge in [0, 0.05) is 23.1 Å². The SMILES string of the molecule is Cc1ccc(C(=N)N2CCCC2)cc1Br. The highest BCUT2D eigenvalue weighted by Gasteiger charge is 2.16. The van der Waals surface area contributed by atoms with Crippen LogP contribution >= 0.6 is 15.9 Å². The summed E-state index contributed by atoms with van der Waals surface area (Å²) in [6.45, 7) is 4.13. The van der Waals surface area contributed by atoms with Gasteiger partial charge in [0.25, 0.3) is 0 Å². The van der Waals surface area contributed by atoms with Crippen molar-refractivity contribution < 1.29 is 0 Å². The number of likely N-dealkylation sites (tertiary alicyclic amines) is 1. The molecule has 1 aliphatic heterocycles. The molecule has 1 N–H and O–H groups in total. The third-order valence-corrected chi connectivity index (χ3v) is 3.72. The molecule has 0 unspecified atom stereocenters. The maximum atomic E-state index is 8.10. The van der Waals surface area contributed by atoms with Crippen LogP contribution in [-0.2, 0) is 0 Å². The summed E-state index contributed by atoms with van der Waals surface area (Å²) in [7, 11) is 0. The fourth-order valence-electron chi connectivity index (χ4n) is 1.86. The molecule has 0 aromatic heterocycles. The zero-order chi connectivity index (χ0) is 10.8. The largest absolute Gasteiger partial charge is 0.357 e. The number of hydrogen-bond donors (Lipinski definition) is 1. The minimum atomic E-state index is 0.660. The van der Waals surface area contributed by atoms with E-state index >= 15 is 0 Å². The lowest BCUT2D eigenvalue weighted by atomic mass is 10.1. The molecular weight excluding hydrogens is 252 g/mol. The summed E-state index contributed by atoms with van der Waals surface area (Å²) >= 11 is 3.51. The zero-order valence-electron chi connectivity index (χ0n) is 8.89. The topological polar surface area (TPSA) is 27.1 Å². The van der Waals surface area contributed by atoms with Crippen LogP contribution in [-0.4, -0.2) is 23.8 Å². The van der Waals surface area contributed by atoms with E-state index in [1.165, 1.54) is 18.4 Å². The average molecular weight is 267 g/mol. The number of nitrogens with one attached hydrogen (secondary N) is 1. The van der Waals surface area contributed by atoms with Gasteiger partial charge in [-0.05, 0) is 31.4 Å². The first-order valence-corrected chi connectivity index (χ1v) is 6.08. The summed E-state index contributed by atoms with van der Waals surface area (Å²) in [5, 5.41) is 8.10. The van der Waals surface area contributed by atoms with Crippen LogP contribution < -0.4 is 0 Å². The highest BCUT2D eigenvalue weighted by atomic mass is 79.9. The van der Waals surface area contributed by atoms with E-state index in [-0.39, 0.29) is 0 Å². The highest BCUT2D eigenvalue weighted by Crippen LogP contribution is 2.20. The van der Waals surface area contributed by atoms with Gasteiger partial charge in [-0.2, -0.15) is 0 Å². The van der Waals surface area contributed by atoms with Crippen molar-refractivity contribution in [1.29, 1.82) is 5.41 Å². The van der Waals surface area contributed by atoms with Crippen molar-refractivity contribution in [1.82, 2.24) is 4.90 Å². The van der Waals surface area contributed by atoms with Crippen molar-refractivity contribution in [3.8, 4) is 0 Å². The Kier molecular flexibility index (Phi) is 3.10. The van der Waals surface area contributed by atoms with Crippen molar-refractivity contribution in [2.45, 2.75) is 19.8 Å². The fraction of sp³-hybridized carbons (Fsp3) is 0.417. The third kappa shape index (κ3) is 2.23. The highest BCUT2D eigenvalue weighted by molar-refractivity contribution is 9.10. The fourth-order valence-corrected chi connectivity index (χ4v) is 2.24. The number of amidine groups is 1. The molecule has 0 spiro atoms. The van der Waals surface area contributed by atoms with Gasteiger partial charge in [0.2, 0.25) is 0 Å². The minimum Gasteiger partial charge on any atom is -0.357 e. The molecule has 0 radical (unpaired) electrons. The van der Waals surface area contributed by atoms with Crippen LogP contribution in [0.5, 0.6) is 0 Å². The summed E-state index contributed by atoms with van der Waals surface area (Å²) in [6.07, 6.45) is 2.44. The Morgan fingerprint density at radius 1 is 1.33 bits per heavy atom. The van der Waals surface area contributed by atoms with Crippen molar-refractivity contribution in [3.63, 3.8) is 0 Å². The van der Waals surface area contributed by atoms with E-state index in [0.717, 1.165) is 23.1 Å². The monoisotopic (exact) mass is 266 g/mol. The standard InChI is InChI=1S/C12H15BrN2/c1-9-4-5-10(8-11(9)13)12(14)15-6-2-3-7-15/h4-5,8,14H,2-3,6-7H2,1H3. The van der Waals surface area contributed by atoms with Gasteiger partial charge in [0.1, 0.15) is 5.84 Å². The molecule has 1 saturated heterocycles. The van der Waals surface area contributed by atoms with Crippen LogP contribution in [0.25, 0.3) is 0 Å². The molecule has 1 aliphatic rings. The average Bonchev–Trinajstić information content (AvgIpc) is 2.74. The summed E-state index contributed by atoms with van der Waals surface area (Å²) in [4.78, 5) is 2.15. The second-order valence-electron chi connectivity index (χ2n) is 4.01. The Labute approximate surface area is 98.9 Å². The summed E-state index contributed by atoms with van der Waals surface area (Å²) in [6, 6.07) is 6.13. The molecule has 0 aliphatic carbocycles. The van der Waals surface area contributed by atoms with Crippen LogP contribution in [0.15, 0.2) is 22.7 Å².